The van der Waals surface area contributed by atoms with Gasteiger partial charge in [0.05, 0.1) is 18.0 Å². The van der Waals surface area contributed by atoms with Crippen LogP contribution < -0.4 is 0 Å². The van der Waals surface area contributed by atoms with Crippen LogP contribution in [0.1, 0.15) is 18.4 Å². The third kappa shape index (κ3) is 3.78. The molecule has 3 atom stereocenters. The first kappa shape index (κ1) is 22.6. The lowest BCUT2D eigenvalue weighted by Crippen LogP contribution is -2.43. The van der Waals surface area contributed by atoms with Crippen LogP contribution in [0.4, 0.5) is 4.79 Å². The van der Waals surface area contributed by atoms with Gasteiger partial charge in [0.1, 0.15) is 10.8 Å². The summed E-state index contributed by atoms with van der Waals surface area (Å²) in [6, 6.07) is 17.1. The van der Waals surface area contributed by atoms with Crippen LogP contribution in [0, 0.1) is 5.92 Å². The first-order chi connectivity index (χ1) is 16.4. The highest BCUT2D eigenvalue weighted by Gasteiger charge is 2.58. The number of amides is 2. The minimum atomic E-state index is -4.07. The highest BCUT2D eigenvalue weighted by molar-refractivity contribution is 7.92. The van der Waals surface area contributed by atoms with Crippen molar-refractivity contribution < 1.29 is 22.7 Å². The minimum absolute atomic E-state index is 0.109. The third-order valence-corrected chi connectivity index (χ3v) is 9.83. The zero-order chi connectivity index (χ0) is 23.9. The Balaban J connectivity index is 1.43. The van der Waals surface area contributed by atoms with Crippen molar-refractivity contribution in [3.8, 4) is 0 Å². The highest BCUT2D eigenvalue weighted by atomic mass is 32.2. The first-order valence-corrected chi connectivity index (χ1v) is 13.3. The van der Waals surface area contributed by atoms with Crippen molar-refractivity contribution in [3.05, 3.63) is 78.9 Å². The number of hydrogen-bond acceptors (Lipinski definition) is 6. The molecule has 2 amide bonds. The summed E-state index contributed by atoms with van der Waals surface area (Å²) in [6.45, 7) is 4.17. The predicted octanol–water partition coefficient (Wildman–Crippen LogP) is 4.40. The summed E-state index contributed by atoms with van der Waals surface area (Å²) in [6.07, 6.45) is 1.70. The lowest BCUT2D eigenvalue weighted by molar-refractivity contribution is -0.128. The molecule has 2 saturated heterocycles. The molecule has 2 aliphatic rings. The van der Waals surface area contributed by atoms with Gasteiger partial charge in [-0.05, 0) is 35.9 Å². The number of sulfonamides is 1. The number of nitrogens with zero attached hydrogens (tertiary/aromatic N) is 2. The third-order valence-electron chi connectivity index (χ3n) is 6.44. The summed E-state index contributed by atoms with van der Waals surface area (Å²) >= 11 is 1.15. The van der Waals surface area contributed by atoms with E-state index in [1.807, 2.05) is 54.6 Å². The molecule has 3 aromatic rings. The molecule has 0 bridgehead atoms. The van der Waals surface area contributed by atoms with Crippen molar-refractivity contribution in [1.29, 1.82) is 0 Å². The van der Waals surface area contributed by atoms with Crippen molar-refractivity contribution in [3.63, 3.8) is 0 Å². The Kier molecular flexibility index (Phi) is 5.91. The fourth-order valence-electron chi connectivity index (χ4n) is 4.93. The largest absolute Gasteiger partial charge is 0.445 e. The molecule has 0 N–H and O–H groups in total. The van der Waals surface area contributed by atoms with Crippen LogP contribution in [0.15, 0.2) is 77.5 Å². The van der Waals surface area contributed by atoms with E-state index in [0.29, 0.717) is 13.0 Å². The van der Waals surface area contributed by atoms with Gasteiger partial charge in [-0.3, -0.25) is 4.79 Å². The van der Waals surface area contributed by atoms with Gasteiger partial charge in [0.25, 0.3) is 10.0 Å². The van der Waals surface area contributed by atoms with Gasteiger partial charge >= 0.3 is 6.09 Å². The Bertz CT molecular complexity index is 1320. The Morgan fingerprint density at radius 3 is 2.62 bits per heavy atom. The fraction of sp³-hybridized carbons (Fsp3) is 0.280. The number of carbonyl (C=O) groups excluding carboxylic acids is 2. The van der Waals surface area contributed by atoms with E-state index in [1.165, 1.54) is 4.90 Å². The Morgan fingerprint density at radius 2 is 1.88 bits per heavy atom. The molecule has 2 aromatic carbocycles. The normalized spacial score (nSPS) is 22.2. The number of thiophene rings is 1. The minimum Gasteiger partial charge on any atom is -0.445 e. The highest BCUT2D eigenvalue weighted by Crippen LogP contribution is 2.43. The number of likely N-dealkylation sites (tertiary alicyclic amines) is 1. The second-order valence-electron chi connectivity index (χ2n) is 8.45. The SMILES string of the molecule is C=CC[C@H]1C(=O)N(S(=O)(=O)c2cc3ccccc3s2)[C@@H]2CCN(C(=O)OCc3ccccc3)[C@H]21. The second kappa shape index (κ2) is 8.88. The van der Waals surface area contributed by atoms with E-state index in [0.717, 1.165) is 31.3 Å². The molecule has 5 rings (SSSR count). The molecule has 3 heterocycles. The maximum atomic E-state index is 13.6. The van der Waals surface area contributed by atoms with Gasteiger partial charge in [0.15, 0.2) is 0 Å². The van der Waals surface area contributed by atoms with E-state index in [2.05, 4.69) is 6.58 Å². The fourth-order valence-corrected chi connectivity index (χ4v) is 8.08. The van der Waals surface area contributed by atoms with Crippen LogP contribution in [0.25, 0.3) is 10.1 Å². The average molecular weight is 497 g/mol. The first-order valence-electron chi connectivity index (χ1n) is 11.1. The van der Waals surface area contributed by atoms with Gasteiger partial charge in [-0.25, -0.2) is 17.5 Å². The van der Waals surface area contributed by atoms with Crippen LogP contribution in [0.2, 0.25) is 0 Å². The number of fused-ring (bicyclic) bond motifs is 2. The topological polar surface area (TPSA) is 84.0 Å². The quantitative estimate of drug-likeness (QED) is 0.472. The van der Waals surface area contributed by atoms with E-state index in [1.54, 1.807) is 12.1 Å². The van der Waals surface area contributed by atoms with E-state index in [-0.39, 0.29) is 17.2 Å². The molecule has 9 heteroatoms. The van der Waals surface area contributed by atoms with Gasteiger partial charge < -0.3 is 9.64 Å². The standard InChI is InChI=1S/C25H24N2O5S2/c1-2-8-19-23-20(13-14-26(23)25(29)32-16-17-9-4-3-5-10-17)27(24(19)28)34(30,31)22-15-18-11-6-7-12-21(18)33-22/h2-7,9-12,15,19-20,23H,1,8,13-14,16H2/t19-,20-,23+/m1/s1. The molecule has 0 saturated carbocycles. The van der Waals surface area contributed by atoms with E-state index >= 15 is 0 Å². The predicted molar refractivity (Wildman–Crippen MR) is 130 cm³/mol. The molecule has 176 valence electrons. The summed E-state index contributed by atoms with van der Waals surface area (Å²) in [4.78, 5) is 27.9. The Hall–Kier alpha value is -3.17. The molecular weight excluding hydrogens is 472 g/mol. The number of ether oxygens (including phenoxy) is 1. The van der Waals surface area contributed by atoms with Gasteiger partial charge in [-0.1, -0.05) is 54.6 Å². The number of hydrogen-bond donors (Lipinski definition) is 0. The lowest BCUT2D eigenvalue weighted by Gasteiger charge is -2.26. The van der Waals surface area contributed by atoms with Crippen LogP contribution in [0.5, 0.6) is 0 Å². The van der Waals surface area contributed by atoms with Crippen molar-refractivity contribution in [2.24, 2.45) is 5.92 Å². The summed E-state index contributed by atoms with van der Waals surface area (Å²) in [5, 5.41) is 0.814. The lowest BCUT2D eigenvalue weighted by atomic mass is 9.96. The molecule has 0 aliphatic carbocycles. The molecule has 0 unspecified atom stereocenters. The molecule has 2 fully saturated rings. The zero-order valence-corrected chi connectivity index (χ0v) is 20.0. The van der Waals surface area contributed by atoms with E-state index in [4.69, 9.17) is 4.74 Å². The second-order valence-corrected chi connectivity index (χ2v) is 11.6. The van der Waals surface area contributed by atoms with E-state index < -0.39 is 40.0 Å². The van der Waals surface area contributed by atoms with Crippen LogP contribution in [-0.4, -0.2) is 48.3 Å². The molecule has 2 aliphatic heterocycles. The number of carbonyl (C=O) groups is 2. The van der Waals surface area contributed by atoms with Gasteiger partial charge in [0.2, 0.25) is 5.91 Å². The number of allylic oxidation sites excluding steroid dienone is 1. The molecule has 0 spiro atoms. The molecule has 1 aromatic heterocycles. The maximum absolute atomic E-state index is 13.6. The summed E-state index contributed by atoms with van der Waals surface area (Å²) in [5.41, 5.74) is 0.853. The molecule has 34 heavy (non-hydrogen) atoms. The Labute approximate surface area is 202 Å². The van der Waals surface area contributed by atoms with Gasteiger partial charge in [0, 0.05) is 11.2 Å². The molecular formula is C25H24N2O5S2. The van der Waals surface area contributed by atoms with E-state index in [9.17, 15) is 18.0 Å². The van der Waals surface area contributed by atoms with Crippen molar-refractivity contribution in [1.82, 2.24) is 9.21 Å². The van der Waals surface area contributed by atoms with Gasteiger partial charge in [-0.15, -0.1) is 17.9 Å². The van der Waals surface area contributed by atoms with Gasteiger partial charge in [-0.2, -0.15) is 0 Å². The Morgan fingerprint density at radius 1 is 1.15 bits per heavy atom. The van der Waals surface area contributed by atoms with Crippen molar-refractivity contribution in [2.45, 2.75) is 35.7 Å². The number of rotatable bonds is 6. The van der Waals surface area contributed by atoms with Crippen LogP contribution in [-0.2, 0) is 26.2 Å². The zero-order valence-electron chi connectivity index (χ0n) is 18.4. The summed E-state index contributed by atoms with van der Waals surface area (Å²) in [5.74, 6) is -1.17. The smallest absolute Gasteiger partial charge is 0.410 e. The van der Waals surface area contributed by atoms with Crippen LogP contribution >= 0.6 is 11.3 Å². The molecule has 0 radical (unpaired) electrons. The summed E-state index contributed by atoms with van der Waals surface area (Å²) in [7, 11) is -4.07. The molecule has 7 nitrogen and oxygen atoms in total. The maximum Gasteiger partial charge on any atom is 0.410 e. The summed E-state index contributed by atoms with van der Waals surface area (Å²) < 4.78 is 34.8. The monoisotopic (exact) mass is 496 g/mol. The van der Waals surface area contributed by atoms with Crippen molar-refractivity contribution in [2.75, 3.05) is 6.54 Å². The average Bonchev–Trinajstić information content (AvgIpc) is 3.53. The number of benzene rings is 2. The van der Waals surface area contributed by atoms with Crippen molar-refractivity contribution >= 4 is 43.4 Å². The van der Waals surface area contributed by atoms with Crippen LogP contribution in [0.3, 0.4) is 0 Å².